The monoisotopic (exact) mass is 244 g/mol. The third-order valence-corrected chi connectivity index (χ3v) is 3.62. The van der Waals surface area contributed by atoms with Gasteiger partial charge in [-0.3, -0.25) is 0 Å². The second-order valence-electron chi connectivity index (χ2n) is 4.97. The van der Waals surface area contributed by atoms with Crippen molar-refractivity contribution in [1.82, 2.24) is 9.55 Å². The average Bonchev–Trinajstić information content (AvgIpc) is 2.73. The summed E-state index contributed by atoms with van der Waals surface area (Å²) in [6.45, 7) is 3.27. The molecule has 1 aliphatic rings. The molecule has 18 heavy (non-hydrogen) atoms. The molecule has 4 heteroatoms. The molecule has 0 spiro atoms. The van der Waals surface area contributed by atoms with Crippen LogP contribution in [-0.4, -0.2) is 22.6 Å². The minimum Gasteiger partial charge on any atom is -0.465 e. The average molecular weight is 244 g/mol. The molecule has 0 aliphatic carbocycles. The van der Waals surface area contributed by atoms with Gasteiger partial charge in [-0.05, 0) is 30.5 Å². The van der Waals surface area contributed by atoms with Crippen molar-refractivity contribution in [3.63, 3.8) is 0 Å². The molecule has 94 valence electrons. The summed E-state index contributed by atoms with van der Waals surface area (Å²) < 4.78 is 6.99. The Bertz CT molecular complexity index is 616. The van der Waals surface area contributed by atoms with E-state index in [2.05, 4.69) is 16.5 Å². The Morgan fingerprint density at radius 1 is 1.50 bits per heavy atom. The summed E-state index contributed by atoms with van der Waals surface area (Å²) in [6, 6.07) is 5.59. The number of ether oxygens (including phenoxy) is 1. The van der Waals surface area contributed by atoms with Crippen LogP contribution in [0.15, 0.2) is 18.2 Å². The van der Waals surface area contributed by atoms with E-state index in [1.807, 2.05) is 12.1 Å². The van der Waals surface area contributed by atoms with Crippen LogP contribution in [0.2, 0.25) is 0 Å². The molecule has 1 atom stereocenters. The molecular formula is C14H16N2O2. The molecule has 1 aliphatic heterocycles. The standard InChI is InChI=1S/C14H16N2O2/c1-9-5-6-16-12-4-3-10(14(17)18-2)8-11(12)15-13(16)7-9/h3-4,8-9H,5-7H2,1-2H3/t9-/m1/s1. The van der Waals surface area contributed by atoms with Crippen molar-refractivity contribution in [2.24, 2.45) is 5.92 Å². The van der Waals surface area contributed by atoms with E-state index in [4.69, 9.17) is 4.74 Å². The molecule has 0 unspecified atom stereocenters. The van der Waals surface area contributed by atoms with E-state index in [1.54, 1.807) is 6.07 Å². The van der Waals surface area contributed by atoms with Crippen molar-refractivity contribution in [3.8, 4) is 0 Å². The molecule has 0 N–H and O–H groups in total. The molecule has 0 saturated heterocycles. The van der Waals surface area contributed by atoms with E-state index < -0.39 is 0 Å². The summed E-state index contributed by atoms with van der Waals surface area (Å²) in [6.07, 6.45) is 2.21. The van der Waals surface area contributed by atoms with Crippen LogP contribution in [-0.2, 0) is 17.7 Å². The van der Waals surface area contributed by atoms with Crippen LogP contribution in [0.3, 0.4) is 0 Å². The molecule has 0 saturated carbocycles. The van der Waals surface area contributed by atoms with Crippen molar-refractivity contribution in [3.05, 3.63) is 29.6 Å². The third kappa shape index (κ3) is 1.68. The number of nitrogens with zero attached hydrogens (tertiary/aromatic N) is 2. The molecule has 1 aromatic carbocycles. The van der Waals surface area contributed by atoms with Crippen LogP contribution < -0.4 is 0 Å². The lowest BCUT2D eigenvalue weighted by atomic mass is 10.0. The number of rotatable bonds is 1. The van der Waals surface area contributed by atoms with Gasteiger partial charge in [-0.25, -0.2) is 9.78 Å². The van der Waals surface area contributed by atoms with E-state index >= 15 is 0 Å². The molecule has 4 nitrogen and oxygen atoms in total. The van der Waals surface area contributed by atoms with Gasteiger partial charge >= 0.3 is 5.97 Å². The smallest absolute Gasteiger partial charge is 0.337 e. The van der Waals surface area contributed by atoms with Crippen molar-refractivity contribution in [1.29, 1.82) is 0 Å². The first-order valence-electron chi connectivity index (χ1n) is 6.26. The Hall–Kier alpha value is -1.84. The van der Waals surface area contributed by atoms with E-state index in [0.717, 1.165) is 29.8 Å². The number of carbonyl (C=O) groups excluding carboxylic acids is 1. The highest BCUT2D eigenvalue weighted by molar-refractivity contribution is 5.93. The number of aromatic nitrogens is 2. The molecule has 0 fully saturated rings. The van der Waals surface area contributed by atoms with Crippen LogP contribution in [0.4, 0.5) is 0 Å². The van der Waals surface area contributed by atoms with Gasteiger partial charge in [0.1, 0.15) is 5.82 Å². The lowest BCUT2D eigenvalue weighted by Crippen LogP contribution is -2.17. The highest BCUT2D eigenvalue weighted by Crippen LogP contribution is 2.25. The van der Waals surface area contributed by atoms with Crippen molar-refractivity contribution in [2.45, 2.75) is 26.3 Å². The molecule has 1 aromatic heterocycles. The van der Waals surface area contributed by atoms with E-state index in [1.165, 1.54) is 13.5 Å². The minimum atomic E-state index is -0.309. The summed E-state index contributed by atoms with van der Waals surface area (Å²) in [5.74, 6) is 1.51. The third-order valence-electron chi connectivity index (χ3n) is 3.62. The maximum absolute atomic E-state index is 11.5. The first-order chi connectivity index (χ1) is 8.69. The summed E-state index contributed by atoms with van der Waals surface area (Å²) >= 11 is 0. The predicted octanol–water partition coefficient (Wildman–Crippen LogP) is 2.41. The van der Waals surface area contributed by atoms with Gasteiger partial charge in [-0.1, -0.05) is 6.92 Å². The number of methoxy groups -OCH3 is 1. The molecule has 2 heterocycles. The van der Waals surface area contributed by atoms with Crippen molar-refractivity contribution in [2.75, 3.05) is 7.11 Å². The lowest BCUT2D eigenvalue weighted by Gasteiger charge is -2.19. The van der Waals surface area contributed by atoms with E-state index in [0.29, 0.717) is 11.5 Å². The maximum Gasteiger partial charge on any atom is 0.337 e. The van der Waals surface area contributed by atoms with Crippen LogP contribution in [0.25, 0.3) is 11.0 Å². The Morgan fingerprint density at radius 2 is 2.33 bits per heavy atom. The number of aryl methyl sites for hydroxylation is 1. The van der Waals surface area contributed by atoms with Crippen molar-refractivity contribution < 1.29 is 9.53 Å². The fourth-order valence-corrected chi connectivity index (χ4v) is 2.59. The topological polar surface area (TPSA) is 44.1 Å². The number of imidazole rings is 1. The Labute approximate surface area is 106 Å². The van der Waals surface area contributed by atoms with Crippen LogP contribution in [0, 0.1) is 5.92 Å². The largest absolute Gasteiger partial charge is 0.465 e. The molecule has 0 amide bonds. The zero-order chi connectivity index (χ0) is 12.7. The fourth-order valence-electron chi connectivity index (χ4n) is 2.59. The van der Waals surface area contributed by atoms with Crippen LogP contribution >= 0.6 is 0 Å². The Balaban J connectivity index is 2.11. The number of carbonyl (C=O) groups is 1. The van der Waals surface area contributed by atoms with E-state index in [9.17, 15) is 4.79 Å². The summed E-state index contributed by atoms with van der Waals surface area (Å²) in [5, 5.41) is 0. The first-order valence-corrected chi connectivity index (χ1v) is 6.26. The maximum atomic E-state index is 11.5. The Morgan fingerprint density at radius 3 is 3.11 bits per heavy atom. The first kappa shape index (κ1) is 11.3. The zero-order valence-corrected chi connectivity index (χ0v) is 10.6. The van der Waals surface area contributed by atoms with Gasteiger partial charge in [0, 0.05) is 13.0 Å². The number of hydrogen-bond donors (Lipinski definition) is 0. The SMILES string of the molecule is COC(=O)c1ccc2c(c1)nc1n2CC[C@@H](C)C1. The molecule has 0 bridgehead atoms. The normalized spacial score (nSPS) is 18.7. The van der Waals surface area contributed by atoms with Gasteiger partial charge in [0.15, 0.2) is 0 Å². The molecule has 2 aromatic rings. The van der Waals surface area contributed by atoms with Crippen LogP contribution in [0.5, 0.6) is 0 Å². The molecule has 3 rings (SSSR count). The van der Waals surface area contributed by atoms with Gasteiger partial charge < -0.3 is 9.30 Å². The number of esters is 1. The van der Waals surface area contributed by atoms with Gasteiger partial charge in [0.2, 0.25) is 0 Å². The second-order valence-corrected chi connectivity index (χ2v) is 4.97. The van der Waals surface area contributed by atoms with Gasteiger partial charge in [0.25, 0.3) is 0 Å². The van der Waals surface area contributed by atoms with Gasteiger partial charge in [-0.15, -0.1) is 0 Å². The molecule has 0 radical (unpaired) electrons. The highest BCUT2D eigenvalue weighted by Gasteiger charge is 2.19. The fraction of sp³-hybridized carbons (Fsp3) is 0.429. The zero-order valence-electron chi connectivity index (χ0n) is 10.6. The minimum absolute atomic E-state index is 0.309. The quantitative estimate of drug-likeness (QED) is 0.723. The van der Waals surface area contributed by atoms with E-state index in [-0.39, 0.29) is 5.97 Å². The summed E-state index contributed by atoms with van der Waals surface area (Å²) in [7, 11) is 1.40. The number of fused-ring (bicyclic) bond motifs is 3. The Kier molecular flexibility index (Phi) is 2.58. The van der Waals surface area contributed by atoms with Crippen molar-refractivity contribution >= 4 is 17.0 Å². The number of benzene rings is 1. The highest BCUT2D eigenvalue weighted by atomic mass is 16.5. The summed E-state index contributed by atoms with van der Waals surface area (Å²) in [4.78, 5) is 16.1. The number of hydrogen-bond acceptors (Lipinski definition) is 3. The van der Waals surface area contributed by atoms with Crippen LogP contribution in [0.1, 0.15) is 29.5 Å². The second kappa shape index (κ2) is 4.12. The van der Waals surface area contributed by atoms with Gasteiger partial charge in [-0.2, -0.15) is 0 Å². The lowest BCUT2D eigenvalue weighted by molar-refractivity contribution is 0.0601. The van der Waals surface area contributed by atoms with Gasteiger partial charge in [0.05, 0.1) is 23.7 Å². The summed E-state index contributed by atoms with van der Waals surface area (Å²) in [5.41, 5.74) is 2.57. The predicted molar refractivity (Wildman–Crippen MR) is 68.6 cm³/mol. The molecular weight excluding hydrogens is 228 g/mol.